The number of esters is 1. The number of fused-ring (bicyclic) bond motifs is 1. The zero-order chi connectivity index (χ0) is 17.9. The molecule has 3 N–H and O–H groups in total. The van der Waals surface area contributed by atoms with Crippen molar-refractivity contribution in [2.75, 3.05) is 6.61 Å². The topological polar surface area (TPSA) is 83.2 Å². The molecule has 1 aromatic heterocycles. The van der Waals surface area contributed by atoms with Gasteiger partial charge in [-0.2, -0.15) is 0 Å². The van der Waals surface area contributed by atoms with Gasteiger partial charge < -0.3 is 9.72 Å². The van der Waals surface area contributed by atoms with Crippen LogP contribution in [0.15, 0.2) is 60.8 Å². The molecule has 6 heteroatoms. The Bertz CT molecular complexity index is 936. The number of carbonyl (C=O) groups excluding carboxylic acids is 2. The summed E-state index contributed by atoms with van der Waals surface area (Å²) in [5.74, 6) is -0.648. The maximum absolute atomic E-state index is 12.4. The number of carbonyl (C=O) groups is 2. The summed E-state index contributed by atoms with van der Waals surface area (Å²) < 4.78 is 5.24. The Labute approximate surface area is 150 Å². The number of ether oxygens (including phenoxy) is 1. The van der Waals surface area contributed by atoms with Crippen molar-refractivity contribution >= 4 is 22.7 Å². The van der Waals surface area contributed by atoms with E-state index in [1.54, 1.807) is 6.20 Å². The van der Waals surface area contributed by atoms with Crippen LogP contribution in [0.3, 0.4) is 0 Å². The molecular weight excluding hydrogens is 330 g/mol. The van der Waals surface area contributed by atoms with Crippen LogP contribution in [0.5, 0.6) is 0 Å². The number of hydrogen-bond donors (Lipinski definition) is 3. The number of H-pyrrole nitrogens is 1. The number of aromatic nitrogens is 1. The van der Waals surface area contributed by atoms with E-state index in [-0.39, 0.29) is 18.4 Å². The Morgan fingerprint density at radius 3 is 2.62 bits per heavy atom. The van der Waals surface area contributed by atoms with Crippen molar-refractivity contribution in [1.82, 2.24) is 15.8 Å². The van der Waals surface area contributed by atoms with Crippen LogP contribution in [0.2, 0.25) is 0 Å². The van der Waals surface area contributed by atoms with E-state index in [4.69, 9.17) is 4.74 Å². The Balaban J connectivity index is 1.35. The van der Waals surface area contributed by atoms with Crippen molar-refractivity contribution in [3.8, 4) is 0 Å². The van der Waals surface area contributed by atoms with Gasteiger partial charge in [0.15, 0.2) is 6.61 Å². The van der Waals surface area contributed by atoms with E-state index >= 15 is 0 Å². The van der Waals surface area contributed by atoms with Gasteiger partial charge in [0.1, 0.15) is 6.04 Å². The van der Waals surface area contributed by atoms with Gasteiger partial charge in [0.25, 0.3) is 0 Å². The summed E-state index contributed by atoms with van der Waals surface area (Å²) in [6, 6.07) is 17.0. The number of nitrogens with one attached hydrogen (secondary N) is 3. The largest absolute Gasteiger partial charge is 0.456 e. The van der Waals surface area contributed by atoms with E-state index in [0.717, 1.165) is 16.5 Å². The molecular formula is C20H19N3O3. The molecule has 2 heterocycles. The Kier molecular flexibility index (Phi) is 4.51. The first-order valence-corrected chi connectivity index (χ1v) is 8.54. The summed E-state index contributed by atoms with van der Waals surface area (Å²) in [6.07, 6.45) is 2.23. The first-order valence-electron chi connectivity index (χ1n) is 8.54. The lowest BCUT2D eigenvalue weighted by atomic mass is 10.0. The zero-order valence-electron chi connectivity index (χ0n) is 14.1. The van der Waals surface area contributed by atoms with Crippen LogP contribution < -0.4 is 10.9 Å². The highest BCUT2D eigenvalue weighted by atomic mass is 16.5. The number of para-hydroxylation sites is 1. The first-order chi connectivity index (χ1) is 12.7. The lowest BCUT2D eigenvalue weighted by Crippen LogP contribution is -2.38. The Morgan fingerprint density at radius 1 is 1.00 bits per heavy atom. The summed E-state index contributed by atoms with van der Waals surface area (Å²) in [7, 11) is 0. The van der Waals surface area contributed by atoms with Crippen molar-refractivity contribution in [2.24, 2.45) is 0 Å². The number of hydrogen-bond acceptors (Lipinski definition) is 5. The third kappa shape index (κ3) is 3.24. The van der Waals surface area contributed by atoms with Gasteiger partial charge in [-0.3, -0.25) is 9.59 Å². The molecule has 2 atom stereocenters. The number of Topliss-reactive ketones (excluding diaryl/α,β-unsaturated/α-hetero) is 1. The number of rotatable bonds is 5. The van der Waals surface area contributed by atoms with Gasteiger partial charge in [-0.15, -0.1) is 0 Å². The summed E-state index contributed by atoms with van der Waals surface area (Å²) in [6.45, 7) is -0.269. The van der Waals surface area contributed by atoms with Crippen LogP contribution >= 0.6 is 0 Å². The second-order valence-corrected chi connectivity index (χ2v) is 6.32. The Morgan fingerprint density at radius 2 is 1.77 bits per heavy atom. The lowest BCUT2D eigenvalue weighted by Gasteiger charge is -2.09. The van der Waals surface area contributed by atoms with Gasteiger partial charge in [-0.05, 0) is 18.1 Å². The fourth-order valence-corrected chi connectivity index (χ4v) is 3.23. The van der Waals surface area contributed by atoms with E-state index < -0.39 is 12.0 Å². The zero-order valence-corrected chi connectivity index (χ0v) is 14.1. The minimum Gasteiger partial charge on any atom is -0.456 e. The van der Waals surface area contributed by atoms with Gasteiger partial charge in [-0.1, -0.05) is 48.5 Å². The third-order valence-electron chi connectivity index (χ3n) is 4.62. The SMILES string of the molecule is O=C(COC(=O)C1CC(c2ccccc2)NN1)c1c[nH]c2ccccc12. The van der Waals surface area contributed by atoms with Crippen LogP contribution in [0.4, 0.5) is 0 Å². The van der Waals surface area contributed by atoms with Crippen molar-refractivity contribution < 1.29 is 14.3 Å². The summed E-state index contributed by atoms with van der Waals surface area (Å²) in [5, 5.41) is 0.832. The van der Waals surface area contributed by atoms with E-state index in [9.17, 15) is 9.59 Å². The molecule has 6 nitrogen and oxygen atoms in total. The molecule has 1 saturated heterocycles. The van der Waals surface area contributed by atoms with Crippen molar-refractivity contribution in [3.05, 3.63) is 71.9 Å². The normalized spacial score (nSPS) is 19.5. The van der Waals surface area contributed by atoms with Crippen LogP contribution in [0.25, 0.3) is 10.9 Å². The number of ketones is 1. The Hall–Kier alpha value is -2.96. The second kappa shape index (κ2) is 7.11. The highest BCUT2D eigenvalue weighted by Crippen LogP contribution is 2.22. The summed E-state index contributed by atoms with van der Waals surface area (Å²) in [4.78, 5) is 27.7. The molecule has 0 spiro atoms. The van der Waals surface area contributed by atoms with Crippen LogP contribution in [0.1, 0.15) is 28.4 Å². The smallest absolute Gasteiger partial charge is 0.325 e. The van der Waals surface area contributed by atoms with Crippen molar-refractivity contribution in [3.63, 3.8) is 0 Å². The van der Waals surface area contributed by atoms with Gasteiger partial charge in [0.05, 0.1) is 0 Å². The molecule has 4 rings (SSSR count). The summed E-state index contributed by atoms with van der Waals surface area (Å²) >= 11 is 0. The van der Waals surface area contributed by atoms with Crippen molar-refractivity contribution in [2.45, 2.75) is 18.5 Å². The highest BCUT2D eigenvalue weighted by molar-refractivity contribution is 6.08. The number of benzene rings is 2. The molecule has 2 unspecified atom stereocenters. The van der Waals surface area contributed by atoms with Crippen molar-refractivity contribution in [1.29, 1.82) is 0 Å². The molecule has 0 bridgehead atoms. The van der Waals surface area contributed by atoms with Crippen LogP contribution in [0, 0.1) is 0 Å². The van der Waals surface area contributed by atoms with Gasteiger partial charge in [0, 0.05) is 28.7 Å². The highest BCUT2D eigenvalue weighted by Gasteiger charge is 2.31. The van der Waals surface area contributed by atoms with Gasteiger partial charge in [-0.25, -0.2) is 10.9 Å². The predicted molar refractivity (Wildman–Crippen MR) is 97.4 cm³/mol. The monoisotopic (exact) mass is 349 g/mol. The van der Waals surface area contributed by atoms with Gasteiger partial charge >= 0.3 is 5.97 Å². The standard InChI is InChI=1S/C20H19N3O3/c24-19(15-11-21-16-9-5-4-8-14(15)16)12-26-20(25)18-10-17(22-23-18)13-6-2-1-3-7-13/h1-9,11,17-18,21-23H,10,12H2. The molecule has 0 radical (unpaired) electrons. The molecule has 1 fully saturated rings. The molecule has 1 aliphatic rings. The third-order valence-corrected chi connectivity index (χ3v) is 4.62. The lowest BCUT2D eigenvalue weighted by molar-refractivity contribution is -0.144. The average molecular weight is 349 g/mol. The molecule has 1 aliphatic heterocycles. The maximum Gasteiger partial charge on any atom is 0.325 e. The van der Waals surface area contributed by atoms with E-state index in [1.165, 1.54) is 0 Å². The second-order valence-electron chi connectivity index (χ2n) is 6.32. The molecule has 132 valence electrons. The molecule has 2 aromatic carbocycles. The molecule has 0 saturated carbocycles. The van der Waals surface area contributed by atoms with E-state index in [0.29, 0.717) is 12.0 Å². The minimum absolute atomic E-state index is 0.0399. The molecule has 0 amide bonds. The fourth-order valence-electron chi connectivity index (χ4n) is 3.23. The van der Waals surface area contributed by atoms with E-state index in [2.05, 4.69) is 15.8 Å². The predicted octanol–water partition coefficient (Wildman–Crippen LogP) is 2.50. The number of aromatic amines is 1. The average Bonchev–Trinajstić information content (AvgIpc) is 3.34. The maximum atomic E-state index is 12.4. The fraction of sp³-hybridized carbons (Fsp3) is 0.200. The molecule has 3 aromatic rings. The van der Waals surface area contributed by atoms with E-state index in [1.807, 2.05) is 54.6 Å². The molecule has 0 aliphatic carbocycles. The first kappa shape index (κ1) is 16.5. The summed E-state index contributed by atoms with van der Waals surface area (Å²) in [5.41, 5.74) is 8.57. The molecule has 26 heavy (non-hydrogen) atoms. The number of hydrazine groups is 1. The quantitative estimate of drug-likeness (QED) is 0.487. The van der Waals surface area contributed by atoms with Crippen LogP contribution in [-0.2, 0) is 9.53 Å². The minimum atomic E-state index is -0.476. The van der Waals surface area contributed by atoms with Crippen LogP contribution in [-0.4, -0.2) is 29.4 Å². The van der Waals surface area contributed by atoms with Gasteiger partial charge in [0.2, 0.25) is 5.78 Å².